The summed E-state index contributed by atoms with van der Waals surface area (Å²) < 4.78 is 79.7. The molecule has 2 rings (SSSR count). The minimum Gasteiger partial charge on any atom is -0.406 e. The molecule has 0 heterocycles. The Hall–Kier alpha value is -3.81. The Morgan fingerprint density at radius 1 is 0.925 bits per heavy atom. The van der Waals surface area contributed by atoms with Gasteiger partial charge < -0.3 is 26.0 Å². The molecule has 8 nitrogen and oxygen atoms in total. The zero-order valence-corrected chi connectivity index (χ0v) is 22.1. The van der Waals surface area contributed by atoms with E-state index in [4.69, 9.17) is 0 Å². The second-order valence-corrected chi connectivity index (χ2v) is 9.87. The van der Waals surface area contributed by atoms with Crippen LogP contribution in [-0.4, -0.2) is 48.8 Å². The largest absolute Gasteiger partial charge is 0.573 e. The summed E-state index contributed by atoms with van der Waals surface area (Å²) in [6.45, 7) is 6.14. The number of nitrogens with one attached hydrogen (secondary N) is 4. The van der Waals surface area contributed by atoms with Crippen LogP contribution in [0.25, 0.3) is 0 Å². The minimum absolute atomic E-state index is 0.100. The van der Waals surface area contributed by atoms with Gasteiger partial charge in [0.25, 0.3) is 5.91 Å². The van der Waals surface area contributed by atoms with Crippen LogP contribution in [0.4, 0.5) is 26.3 Å². The average Bonchev–Trinajstić information content (AvgIpc) is 2.82. The van der Waals surface area contributed by atoms with Gasteiger partial charge in [0.1, 0.15) is 11.8 Å². The highest BCUT2D eigenvalue weighted by Gasteiger charge is 2.32. The van der Waals surface area contributed by atoms with Gasteiger partial charge in [0, 0.05) is 23.7 Å². The molecule has 0 bridgehead atoms. The van der Waals surface area contributed by atoms with Crippen LogP contribution in [0, 0.1) is 0 Å². The Morgan fingerprint density at radius 3 is 2.10 bits per heavy atom. The van der Waals surface area contributed by atoms with Gasteiger partial charge in [0.2, 0.25) is 11.8 Å². The maximum atomic E-state index is 12.9. The van der Waals surface area contributed by atoms with Crippen molar-refractivity contribution in [2.75, 3.05) is 13.1 Å². The lowest BCUT2D eigenvalue weighted by atomic mass is 10.1. The molecular weight excluding hydrogens is 546 g/mol. The number of carbonyl (C=O) groups is 3. The Labute approximate surface area is 226 Å². The van der Waals surface area contributed by atoms with Crippen molar-refractivity contribution < 1.29 is 45.5 Å². The number of hydrogen-bond donors (Lipinski definition) is 4. The number of hydrogen-bond acceptors (Lipinski definition) is 5. The van der Waals surface area contributed by atoms with Gasteiger partial charge in [0.05, 0.1) is 12.1 Å². The monoisotopic (exact) mass is 576 g/mol. The number of alkyl halides is 6. The molecule has 2 aromatic rings. The van der Waals surface area contributed by atoms with Crippen molar-refractivity contribution in [1.29, 1.82) is 0 Å². The zero-order chi connectivity index (χ0) is 30.3. The topological polar surface area (TPSA) is 109 Å². The van der Waals surface area contributed by atoms with Crippen LogP contribution < -0.4 is 26.0 Å². The smallest absolute Gasteiger partial charge is 0.406 e. The highest BCUT2D eigenvalue weighted by molar-refractivity contribution is 5.97. The van der Waals surface area contributed by atoms with Crippen molar-refractivity contribution in [1.82, 2.24) is 21.3 Å². The first kappa shape index (κ1) is 32.4. The molecule has 0 aromatic heterocycles. The van der Waals surface area contributed by atoms with Crippen molar-refractivity contribution in [3.05, 3.63) is 65.2 Å². The van der Waals surface area contributed by atoms with E-state index >= 15 is 0 Å². The molecule has 3 amide bonds. The van der Waals surface area contributed by atoms with E-state index in [0.29, 0.717) is 11.6 Å². The number of amides is 3. The van der Waals surface area contributed by atoms with Crippen molar-refractivity contribution in [2.24, 2.45) is 0 Å². The Kier molecular flexibility index (Phi) is 10.6. The summed E-state index contributed by atoms with van der Waals surface area (Å²) in [5.41, 5.74) is -1.40. The van der Waals surface area contributed by atoms with Gasteiger partial charge in [-0.2, -0.15) is 13.2 Å². The van der Waals surface area contributed by atoms with Gasteiger partial charge in [-0.15, -0.1) is 13.2 Å². The first-order valence-corrected chi connectivity index (χ1v) is 12.0. The van der Waals surface area contributed by atoms with E-state index in [-0.39, 0.29) is 12.1 Å². The van der Waals surface area contributed by atoms with E-state index in [0.717, 1.165) is 30.3 Å². The average molecular weight is 577 g/mol. The number of halogens is 6. The molecule has 40 heavy (non-hydrogen) atoms. The van der Waals surface area contributed by atoms with E-state index < -0.39 is 65.7 Å². The Balaban J connectivity index is 2.02. The molecule has 0 spiro atoms. The van der Waals surface area contributed by atoms with Gasteiger partial charge in [-0.1, -0.05) is 18.2 Å². The number of benzene rings is 2. The van der Waals surface area contributed by atoms with Crippen LogP contribution in [0.15, 0.2) is 48.5 Å². The molecule has 14 heteroatoms. The van der Waals surface area contributed by atoms with E-state index in [9.17, 15) is 40.7 Å². The summed E-state index contributed by atoms with van der Waals surface area (Å²) in [6, 6.07) is 7.19. The van der Waals surface area contributed by atoms with E-state index in [2.05, 4.69) is 26.0 Å². The molecule has 0 fully saturated rings. The van der Waals surface area contributed by atoms with Gasteiger partial charge in [0.15, 0.2) is 0 Å². The van der Waals surface area contributed by atoms with Crippen LogP contribution in [0.3, 0.4) is 0 Å². The first-order valence-electron chi connectivity index (χ1n) is 12.0. The molecule has 0 radical (unpaired) electrons. The van der Waals surface area contributed by atoms with E-state index in [1.54, 1.807) is 27.7 Å². The summed E-state index contributed by atoms with van der Waals surface area (Å²) in [6.07, 6.45) is -9.48. The van der Waals surface area contributed by atoms with Crippen molar-refractivity contribution in [2.45, 2.75) is 57.9 Å². The third-order valence-electron chi connectivity index (χ3n) is 5.25. The van der Waals surface area contributed by atoms with Crippen LogP contribution in [0.5, 0.6) is 5.75 Å². The SMILES string of the molecule is CC(NCC(NC(=O)CNC(=O)c1cccc(C(F)(F)F)c1)C(=O)NC(C)(C)C)c1ccc(OC(F)(F)F)cc1. The van der Waals surface area contributed by atoms with Gasteiger partial charge in [-0.05, 0) is 63.6 Å². The van der Waals surface area contributed by atoms with Crippen LogP contribution in [-0.2, 0) is 15.8 Å². The molecule has 220 valence electrons. The summed E-state index contributed by atoms with van der Waals surface area (Å²) in [4.78, 5) is 37.6. The van der Waals surface area contributed by atoms with Crippen LogP contribution in [0.2, 0.25) is 0 Å². The molecule has 0 saturated carbocycles. The minimum atomic E-state index is -4.83. The second-order valence-electron chi connectivity index (χ2n) is 9.87. The highest BCUT2D eigenvalue weighted by Crippen LogP contribution is 2.29. The molecule has 2 unspecified atom stereocenters. The van der Waals surface area contributed by atoms with Crippen molar-refractivity contribution in [3.63, 3.8) is 0 Å². The fourth-order valence-electron chi connectivity index (χ4n) is 3.38. The quantitative estimate of drug-likeness (QED) is 0.319. The summed E-state index contributed by atoms with van der Waals surface area (Å²) >= 11 is 0. The number of ether oxygens (including phenoxy) is 1. The highest BCUT2D eigenvalue weighted by atomic mass is 19.4. The Morgan fingerprint density at radius 2 is 1.55 bits per heavy atom. The van der Waals surface area contributed by atoms with Crippen LogP contribution in [0.1, 0.15) is 55.2 Å². The standard InChI is InChI=1S/C26H30F6N4O4/c1-15(16-8-10-19(11-9-16)40-26(30,31)32)33-13-20(23(39)36-24(2,3)4)35-21(37)14-34-22(38)17-6-5-7-18(12-17)25(27,28)29/h5-12,15,20,33H,13-14H2,1-4H3,(H,34,38)(H,35,37)(H,36,39). The number of carbonyl (C=O) groups excluding carboxylic acids is 3. The first-order chi connectivity index (χ1) is 18.3. The van der Waals surface area contributed by atoms with Gasteiger partial charge in [-0.25, -0.2) is 0 Å². The molecule has 2 aromatic carbocycles. The Bertz CT molecular complexity index is 1180. The molecule has 0 aliphatic carbocycles. The molecule has 0 saturated heterocycles. The maximum absolute atomic E-state index is 12.9. The zero-order valence-electron chi connectivity index (χ0n) is 22.1. The third-order valence-corrected chi connectivity index (χ3v) is 5.25. The molecule has 2 atom stereocenters. The summed E-state index contributed by atoms with van der Waals surface area (Å²) in [7, 11) is 0. The predicted octanol–water partition coefficient (Wildman–Crippen LogP) is 4.08. The fraction of sp³-hybridized carbons (Fsp3) is 0.423. The lowest BCUT2D eigenvalue weighted by Gasteiger charge is -2.27. The summed E-state index contributed by atoms with van der Waals surface area (Å²) in [5, 5.41) is 10.4. The second kappa shape index (κ2) is 13.0. The predicted molar refractivity (Wildman–Crippen MR) is 133 cm³/mol. The molecule has 4 N–H and O–H groups in total. The van der Waals surface area contributed by atoms with E-state index in [1.165, 1.54) is 12.1 Å². The lowest BCUT2D eigenvalue weighted by molar-refractivity contribution is -0.274. The molecular formula is C26H30F6N4O4. The van der Waals surface area contributed by atoms with E-state index in [1.807, 2.05) is 0 Å². The summed E-state index contributed by atoms with van der Waals surface area (Å²) in [5.74, 6) is -2.65. The van der Waals surface area contributed by atoms with Crippen molar-refractivity contribution >= 4 is 17.7 Å². The van der Waals surface area contributed by atoms with Gasteiger partial charge >= 0.3 is 12.5 Å². The third kappa shape index (κ3) is 11.1. The maximum Gasteiger partial charge on any atom is 0.573 e. The number of rotatable bonds is 10. The molecule has 0 aliphatic rings. The van der Waals surface area contributed by atoms with Crippen LogP contribution >= 0.6 is 0 Å². The normalized spacial score (nSPS) is 13.7. The van der Waals surface area contributed by atoms with Crippen molar-refractivity contribution in [3.8, 4) is 5.75 Å². The van der Waals surface area contributed by atoms with Gasteiger partial charge in [-0.3, -0.25) is 14.4 Å². The fourth-order valence-corrected chi connectivity index (χ4v) is 3.38. The lowest BCUT2D eigenvalue weighted by Crippen LogP contribution is -2.57. The molecule has 0 aliphatic heterocycles.